The van der Waals surface area contributed by atoms with Crippen LogP contribution in [0.1, 0.15) is 5.56 Å². The van der Waals surface area contributed by atoms with Crippen molar-refractivity contribution in [1.29, 1.82) is 0 Å². The molecule has 1 heterocycles. The van der Waals surface area contributed by atoms with Crippen molar-refractivity contribution < 1.29 is 14.4 Å². The normalized spacial score (nSPS) is 12.6. The predicted octanol–water partition coefficient (Wildman–Crippen LogP) is 4.18. The molecular formula is C24H24N6O3. The van der Waals surface area contributed by atoms with Gasteiger partial charge in [-0.2, -0.15) is 0 Å². The Bertz CT molecular complexity index is 1130. The minimum Gasteiger partial charge on any atom is -0.336 e. The number of urea groups is 3. The maximum Gasteiger partial charge on any atom is 0.323 e. The lowest BCUT2D eigenvalue weighted by Crippen LogP contribution is -2.28. The van der Waals surface area contributed by atoms with Gasteiger partial charge in [0, 0.05) is 42.4 Å². The van der Waals surface area contributed by atoms with Crippen LogP contribution in [0.5, 0.6) is 0 Å². The minimum atomic E-state index is -0.377. The molecule has 1 fully saturated rings. The van der Waals surface area contributed by atoms with Gasteiger partial charge >= 0.3 is 18.1 Å². The van der Waals surface area contributed by atoms with Crippen LogP contribution in [0.4, 0.5) is 37.1 Å². The molecule has 0 saturated carbocycles. The number of hydrogen-bond acceptors (Lipinski definition) is 3. The Labute approximate surface area is 191 Å². The number of carbonyl (C=O) groups is 3. The van der Waals surface area contributed by atoms with Gasteiger partial charge in [0.1, 0.15) is 0 Å². The molecule has 3 aromatic rings. The summed E-state index contributed by atoms with van der Waals surface area (Å²) in [5.41, 5.74) is 3.49. The van der Waals surface area contributed by atoms with Crippen molar-refractivity contribution in [2.45, 2.75) is 6.54 Å². The summed E-state index contributed by atoms with van der Waals surface area (Å²) < 4.78 is 0. The molecule has 4 rings (SSSR count). The van der Waals surface area contributed by atoms with E-state index in [1.807, 2.05) is 42.5 Å². The van der Waals surface area contributed by atoms with Gasteiger partial charge in [0.15, 0.2) is 0 Å². The van der Waals surface area contributed by atoms with Crippen molar-refractivity contribution in [1.82, 2.24) is 10.6 Å². The van der Waals surface area contributed by atoms with Gasteiger partial charge in [-0.15, -0.1) is 0 Å². The molecule has 6 amide bonds. The quantitative estimate of drug-likeness (QED) is 0.393. The summed E-state index contributed by atoms with van der Waals surface area (Å²) in [4.78, 5) is 37.9. The van der Waals surface area contributed by atoms with Crippen LogP contribution in [0, 0.1) is 0 Å². The second kappa shape index (κ2) is 10.2. The maximum atomic E-state index is 12.3. The number of nitrogens with zero attached hydrogens (tertiary/aromatic N) is 1. The highest BCUT2D eigenvalue weighted by Crippen LogP contribution is 2.18. The molecule has 3 aromatic carbocycles. The van der Waals surface area contributed by atoms with E-state index in [1.54, 1.807) is 41.3 Å². The van der Waals surface area contributed by atoms with Crippen molar-refractivity contribution in [2.75, 3.05) is 33.9 Å². The average molecular weight is 444 g/mol. The van der Waals surface area contributed by atoms with E-state index in [1.165, 1.54) is 0 Å². The van der Waals surface area contributed by atoms with Gasteiger partial charge in [0.25, 0.3) is 0 Å². The van der Waals surface area contributed by atoms with Gasteiger partial charge in [-0.1, -0.05) is 36.4 Å². The molecule has 9 nitrogen and oxygen atoms in total. The average Bonchev–Trinajstić information content (AvgIpc) is 3.25. The molecule has 1 aliphatic rings. The van der Waals surface area contributed by atoms with Gasteiger partial charge in [-0.3, -0.25) is 4.90 Å². The molecule has 0 unspecified atom stereocenters. The first-order chi connectivity index (χ1) is 16.1. The first kappa shape index (κ1) is 21.7. The van der Waals surface area contributed by atoms with Crippen molar-refractivity contribution in [3.05, 3.63) is 84.4 Å². The van der Waals surface area contributed by atoms with E-state index in [2.05, 4.69) is 26.6 Å². The zero-order chi connectivity index (χ0) is 23.0. The lowest BCUT2D eigenvalue weighted by molar-refractivity contribution is 0.251. The fourth-order valence-electron chi connectivity index (χ4n) is 3.36. The van der Waals surface area contributed by atoms with E-state index < -0.39 is 0 Å². The molecule has 33 heavy (non-hydrogen) atoms. The van der Waals surface area contributed by atoms with E-state index in [9.17, 15) is 14.4 Å². The fraction of sp³-hybridized carbons (Fsp3) is 0.125. The van der Waals surface area contributed by atoms with Crippen molar-refractivity contribution in [3.8, 4) is 0 Å². The van der Waals surface area contributed by atoms with Crippen LogP contribution in [0.3, 0.4) is 0 Å². The third kappa shape index (κ3) is 6.01. The number of rotatable bonds is 6. The van der Waals surface area contributed by atoms with E-state index in [-0.39, 0.29) is 18.1 Å². The zero-order valence-corrected chi connectivity index (χ0v) is 17.8. The Morgan fingerprint density at radius 2 is 1.42 bits per heavy atom. The van der Waals surface area contributed by atoms with E-state index in [0.717, 1.165) is 11.3 Å². The van der Waals surface area contributed by atoms with Crippen LogP contribution < -0.4 is 31.5 Å². The van der Waals surface area contributed by atoms with Gasteiger partial charge in [0.2, 0.25) is 0 Å². The molecule has 1 aliphatic heterocycles. The Morgan fingerprint density at radius 1 is 0.788 bits per heavy atom. The third-order valence-corrected chi connectivity index (χ3v) is 4.97. The van der Waals surface area contributed by atoms with Crippen LogP contribution in [0.15, 0.2) is 78.9 Å². The zero-order valence-electron chi connectivity index (χ0n) is 17.8. The number of amides is 6. The number of hydrogen-bond donors (Lipinski definition) is 5. The Morgan fingerprint density at radius 3 is 2.09 bits per heavy atom. The number of nitrogens with one attached hydrogen (secondary N) is 5. The number of carbonyl (C=O) groups excluding carboxylic acids is 3. The van der Waals surface area contributed by atoms with Crippen LogP contribution in [0.2, 0.25) is 0 Å². The Hall–Kier alpha value is -4.53. The first-order valence-electron chi connectivity index (χ1n) is 10.5. The largest absolute Gasteiger partial charge is 0.336 e. The molecular weight excluding hydrogens is 420 g/mol. The summed E-state index contributed by atoms with van der Waals surface area (Å²) in [6, 6.07) is 22.6. The van der Waals surface area contributed by atoms with Crippen LogP contribution in [-0.2, 0) is 6.54 Å². The molecule has 0 spiro atoms. The van der Waals surface area contributed by atoms with Crippen molar-refractivity contribution in [3.63, 3.8) is 0 Å². The van der Waals surface area contributed by atoms with Crippen LogP contribution >= 0.6 is 0 Å². The summed E-state index contributed by atoms with van der Waals surface area (Å²) in [5, 5.41) is 13.8. The van der Waals surface area contributed by atoms with E-state index >= 15 is 0 Å². The number of anilines is 4. The number of benzene rings is 3. The van der Waals surface area contributed by atoms with Crippen molar-refractivity contribution >= 4 is 40.8 Å². The molecule has 0 atom stereocenters. The van der Waals surface area contributed by atoms with E-state index in [0.29, 0.717) is 36.7 Å². The lowest BCUT2D eigenvalue weighted by Gasteiger charge is -2.15. The molecule has 0 bridgehead atoms. The first-order valence-corrected chi connectivity index (χ1v) is 10.5. The summed E-state index contributed by atoms with van der Waals surface area (Å²) in [6.07, 6.45) is 0. The molecule has 0 radical (unpaired) electrons. The molecule has 9 heteroatoms. The van der Waals surface area contributed by atoms with E-state index in [4.69, 9.17) is 0 Å². The number of para-hydroxylation sites is 1. The van der Waals surface area contributed by atoms with Gasteiger partial charge in [-0.05, 0) is 48.0 Å². The topological polar surface area (TPSA) is 115 Å². The Balaban J connectivity index is 1.26. The third-order valence-electron chi connectivity index (χ3n) is 4.97. The van der Waals surface area contributed by atoms with Gasteiger partial charge in [0.05, 0.1) is 0 Å². The summed E-state index contributed by atoms with van der Waals surface area (Å²) in [5.74, 6) is 0. The molecule has 168 valence electrons. The van der Waals surface area contributed by atoms with Crippen molar-refractivity contribution in [2.24, 2.45) is 0 Å². The SMILES string of the molecule is O=C(NCc1ccc(N2CCNC2=O)cc1)Nc1cccc(NC(=O)Nc2ccccc2)c1. The standard InChI is InChI=1S/C24H24N6O3/c31-22(26-16-17-9-11-21(12-10-17)30-14-13-25-24(30)33)28-19-7-4-8-20(15-19)29-23(32)27-18-5-2-1-3-6-18/h1-12,15H,13-14,16H2,(H,25,33)(H2,26,28,31)(H2,27,29,32). The van der Waals surface area contributed by atoms with Gasteiger partial charge < -0.3 is 26.6 Å². The highest BCUT2D eigenvalue weighted by molar-refractivity contribution is 6.00. The minimum absolute atomic E-state index is 0.102. The Kier molecular flexibility index (Phi) is 6.70. The summed E-state index contributed by atoms with van der Waals surface area (Å²) in [6.45, 7) is 1.60. The molecule has 0 aromatic heterocycles. The monoisotopic (exact) mass is 444 g/mol. The summed E-state index contributed by atoms with van der Waals surface area (Å²) >= 11 is 0. The second-order valence-corrected chi connectivity index (χ2v) is 7.38. The lowest BCUT2D eigenvalue weighted by atomic mass is 10.2. The smallest absolute Gasteiger partial charge is 0.323 e. The predicted molar refractivity (Wildman–Crippen MR) is 129 cm³/mol. The maximum absolute atomic E-state index is 12.3. The highest BCUT2D eigenvalue weighted by Gasteiger charge is 2.20. The van der Waals surface area contributed by atoms with Crippen LogP contribution in [0.25, 0.3) is 0 Å². The molecule has 0 aliphatic carbocycles. The molecule has 5 N–H and O–H groups in total. The van der Waals surface area contributed by atoms with Gasteiger partial charge in [-0.25, -0.2) is 14.4 Å². The fourth-order valence-corrected chi connectivity index (χ4v) is 3.36. The summed E-state index contributed by atoms with van der Waals surface area (Å²) in [7, 11) is 0. The highest BCUT2D eigenvalue weighted by atomic mass is 16.2. The van der Waals surface area contributed by atoms with Crippen LogP contribution in [-0.4, -0.2) is 31.2 Å². The second-order valence-electron chi connectivity index (χ2n) is 7.38. The molecule has 1 saturated heterocycles.